The second-order valence-electron chi connectivity index (χ2n) is 7.58. The van der Waals surface area contributed by atoms with Gasteiger partial charge in [0.25, 0.3) is 0 Å². The molecule has 0 heterocycles. The molecule has 0 atom stereocenters. The Balaban J connectivity index is 0. The molecular formula is C19H34. The molecule has 0 aromatic heterocycles. The lowest BCUT2D eigenvalue weighted by molar-refractivity contribution is 0.421. The van der Waals surface area contributed by atoms with E-state index in [9.17, 15) is 0 Å². The second kappa shape index (κ2) is 8.96. The third-order valence-corrected chi connectivity index (χ3v) is 1.84. The van der Waals surface area contributed by atoms with E-state index in [2.05, 4.69) is 84.9 Å². The van der Waals surface area contributed by atoms with Crippen molar-refractivity contribution in [3.8, 4) is 0 Å². The Kier molecular flexibility index (Phi) is 9.56. The standard InChI is InChI=1S/C13H18.C5H12.CH4/c1-13(2,3)11-7-10-12-8-5-4-6-9-12;1-5(2,3)4;/h4-10H,11H2,1-3H3;1-4H3;1H4/b10-7+;;. The van der Waals surface area contributed by atoms with Crippen molar-refractivity contribution in [2.75, 3.05) is 0 Å². The fourth-order valence-corrected chi connectivity index (χ4v) is 1.11. The minimum absolute atomic E-state index is 0. The van der Waals surface area contributed by atoms with Crippen molar-refractivity contribution >= 4 is 6.08 Å². The molecule has 19 heavy (non-hydrogen) atoms. The van der Waals surface area contributed by atoms with Crippen LogP contribution in [0.15, 0.2) is 36.4 Å². The van der Waals surface area contributed by atoms with Crippen LogP contribution in [-0.2, 0) is 0 Å². The second-order valence-corrected chi connectivity index (χ2v) is 7.58. The molecule has 0 aliphatic carbocycles. The number of hydrogen-bond donors (Lipinski definition) is 0. The van der Waals surface area contributed by atoms with E-state index in [-0.39, 0.29) is 7.43 Å². The smallest absolute Gasteiger partial charge is 0.0260 e. The van der Waals surface area contributed by atoms with Crippen LogP contribution in [0.1, 0.15) is 67.9 Å². The minimum atomic E-state index is 0. The van der Waals surface area contributed by atoms with Crippen LogP contribution < -0.4 is 0 Å². The highest BCUT2D eigenvalue weighted by molar-refractivity contribution is 5.48. The van der Waals surface area contributed by atoms with Gasteiger partial charge >= 0.3 is 0 Å². The number of rotatable bonds is 2. The molecule has 0 unspecified atom stereocenters. The Morgan fingerprint density at radius 1 is 0.842 bits per heavy atom. The van der Waals surface area contributed by atoms with Crippen LogP contribution in [0.2, 0.25) is 0 Å². The molecule has 0 bridgehead atoms. The highest BCUT2D eigenvalue weighted by Crippen LogP contribution is 2.19. The summed E-state index contributed by atoms with van der Waals surface area (Å²) < 4.78 is 0. The van der Waals surface area contributed by atoms with E-state index in [0.717, 1.165) is 6.42 Å². The van der Waals surface area contributed by atoms with Gasteiger partial charge in [-0.15, -0.1) is 0 Å². The summed E-state index contributed by atoms with van der Waals surface area (Å²) in [4.78, 5) is 0. The third-order valence-electron chi connectivity index (χ3n) is 1.84. The predicted octanol–water partition coefficient (Wildman–Crippen LogP) is 6.82. The average molecular weight is 262 g/mol. The lowest BCUT2D eigenvalue weighted by atomic mass is 9.92. The fourth-order valence-electron chi connectivity index (χ4n) is 1.11. The summed E-state index contributed by atoms with van der Waals surface area (Å²) in [6, 6.07) is 10.4. The summed E-state index contributed by atoms with van der Waals surface area (Å²) in [7, 11) is 0. The van der Waals surface area contributed by atoms with Crippen LogP contribution >= 0.6 is 0 Å². The van der Waals surface area contributed by atoms with Gasteiger partial charge in [-0.3, -0.25) is 0 Å². The van der Waals surface area contributed by atoms with Crippen molar-refractivity contribution in [2.24, 2.45) is 10.8 Å². The zero-order valence-electron chi connectivity index (χ0n) is 13.2. The average Bonchev–Trinajstić information content (AvgIpc) is 2.14. The topological polar surface area (TPSA) is 0 Å². The van der Waals surface area contributed by atoms with Crippen LogP contribution in [0.5, 0.6) is 0 Å². The molecule has 0 aliphatic heterocycles. The Bertz CT molecular complexity index is 325. The summed E-state index contributed by atoms with van der Waals surface area (Å²) in [5.74, 6) is 0. The van der Waals surface area contributed by atoms with Crippen LogP contribution in [0.3, 0.4) is 0 Å². The molecule has 1 aromatic carbocycles. The Morgan fingerprint density at radius 2 is 1.26 bits per heavy atom. The van der Waals surface area contributed by atoms with Gasteiger partial charge < -0.3 is 0 Å². The van der Waals surface area contributed by atoms with E-state index in [0.29, 0.717) is 10.8 Å². The largest absolute Gasteiger partial charge is 0.0834 e. The Morgan fingerprint density at radius 3 is 1.63 bits per heavy atom. The number of hydrogen-bond acceptors (Lipinski definition) is 0. The quantitative estimate of drug-likeness (QED) is 0.548. The van der Waals surface area contributed by atoms with Gasteiger partial charge in [-0.1, -0.05) is 98.4 Å². The highest BCUT2D eigenvalue weighted by Gasteiger charge is 2.05. The molecule has 0 spiro atoms. The summed E-state index contributed by atoms with van der Waals surface area (Å²) in [5.41, 5.74) is 2.18. The molecular weight excluding hydrogens is 228 g/mol. The summed E-state index contributed by atoms with van der Waals surface area (Å²) in [6.07, 6.45) is 5.56. The van der Waals surface area contributed by atoms with Crippen molar-refractivity contribution in [3.05, 3.63) is 42.0 Å². The Hall–Kier alpha value is -1.04. The third kappa shape index (κ3) is 19.5. The van der Waals surface area contributed by atoms with Crippen molar-refractivity contribution in [2.45, 2.75) is 62.3 Å². The summed E-state index contributed by atoms with van der Waals surface area (Å²) >= 11 is 0. The molecule has 1 aromatic rings. The SMILES string of the molecule is C.CC(C)(C)C.CC(C)(C)C/C=C/c1ccccc1. The molecule has 0 nitrogen and oxygen atoms in total. The lowest BCUT2D eigenvalue weighted by Gasteiger charge is -2.14. The first kappa shape index (κ1) is 20.3. The van der Waals surface area contributed by atoms with Crippen molar-refractivity contribution in [1.29, 1.82) is 0 Å². The predicted molar refractivity (Wildman–Crippen MR) is 91.4 cm³/mol. The summed E-state index contributed by atoms with van der Waals surface area (Å²) in [5, 5.41) is 0. The van der Waals surface area contributed by atoms with Gasteiger partial charge in [-0.05, 0) is 22.8 Å². The van der Waals surface area contributed by atoms with Gasteiger partial charge in [-0.25, -0.2) is 0 Å². The van der Waals surface area contributed by atoms with Gasteiger partial charge in [0.15, 0.2) is 0 Å². The minimum Gasteiger partial charge on any atom is -0.0834 e. The fraction of sp³-hybridized carbons (Fsp3) is 0.579. The van der Waals surface area contributed by atoms with Crippen molar-refractivity contribution < 1.29 is 0 Å². The molecule has 0 aliphatic rings. The molecule has 1 rings (SSSR count). The maximum absolute atomic E-state index is 2.25. The first-order valence-electron chi connectivity index (χ1n) is 6.79. The van der Waals surface area contributed by atoms with E-state index in [4.69, 9.17) is 0 Å². The maximum Gasteiger partial charge on any atom is -0.0260 e. The number of allylic oxidation sites excluding steroid dienone is 1. The first-order chi connectivity index (χ1) is 8.08. The maximum atomic E-state index is 2.25. The van der Waals surface area contributed by atoms with Gasteiger partial charge in [0.05, 0.1) is 0 Å². The molecule has 0 radical (unpaired) electrons. The van der Waals surface area contributed by atoms with Crippen molar-refractivity contribution in [3.63, 3.8) is 0 Å². The van der Waals surface area contributed by atoms with Gasteiger partial charge in [0.1, 0.15) is 0 Å². The van der Waals surface area contributed by atoms with Crippen molar-refractivity contribution in [1.82, 2.24) is 0 Å². The van der Waals surface area contributed by atoms with E-state index in [1.807, 2.05) is 6.07 Å². The monoisotopic (exact) mass is 262 g/mol. The molecule has 0 amide bonds. The van der Waals surface area contributed by atoms with Crippen LogP contribution in [0.25, 0.3) is 6.08 Å². The van der Waals surface area contributed by atoms with Crippen LogP contribution in [0, 0.1) is 10.8 Å². The van der Waals surface area contributed by atoms with Gasteiger partial charge in [0.2, 0.25) is 0 Å². The van der Waals surface area contributed by atoms with Crippen LogP contribution in [0.4, 0.5) is 0 Å². The lowest BCUT2D eigenvalue weighted by Crippen LogP contribution is -2.01. The van der Waals surface area contributed by atoms with Crippen LogP contribution in [-0.4, -0.2) is 0 Å². The molecule has 0 heteroatoms. The van der Waals surface area contributed by atoms with E-state index < -0.39 is 0 Å². The van der Waals surface area contributed by atoms with E-state index in [1.54, 1.807) is 0 Å². The van der Waals surface area contributed by atoms with Gasteiger partial charge in [0, 0.05) is 0 Å². The first-order valence-corrected chi connectivity index (χ1v) is 6.79. The molecule has 110 valence electrons. The number of benzene rings is 1. The summed E-state index contributed by atoms with van der Waals surface area (Å²) in [6.45, 7) is 15.5. The zero-order valence-corrected chi connectivity index (χ0v) is 13.2. The van der Waals surface area contributed by atoms with E-state index in [1.165, 1.54) is 5.56 Å². The molecule has 0 fully saturated rings. The zero-order chi connectivity index (χ0) is 14.2. The molecule has 0 saturated carbocycles. The molecule has 0 N–H and O–H groups in total. The normalized spacial score (nSPS) is 11.5. The van der Waals surface area contributed by atoms with E-state index >= 15 is 0 Å². The molecule has 0 saturated heterocycles. The highest BCUT2D eigenvalue weighted by atomic mass is 14.1. The van der Waals surface area contributed by atoms with Gasteiger partial charge in [-0.2, -0.15) is 0 Å². The Labute approximate surface area is 121 Å².